The second-order valence-electron chi connectivity index (χ2n) is 6.43. The molecule has 0 N–H and O–H groups in total. The molecule has 0 saturated carbocycles. The number of rotatable bonds is 2. The van der Waals surface area contributed by atoms with Gasteiger partial charge in [0.2, 0.25) is 5.91 Å². The van der Waals surface area contributed by atoms with Crippen LogP contribution in [-0.2, 0) is 24.2 Å². The minimum atomic E-state index is -2.56. The Morgan fingerprint density at radius 1 is 1.31 bits per heavy atom. The summed E-state index contributed by atoms with van der Waals surface area (Å²) in [7, 11) is 0. The normalized spacial score (nSPS) is 16.2. The average molecular weight is 385 g/mol. The van der Waals surface area contributed by atoms with Crippen molar-refractivity contribution in [2.75, 3.05) is 18.0 Å². The number of hydrogen-bond donors (Lipinski definition) is 0. The number of alkyl halides is 2. The largest absolute Gasteiger partial charge is 1.00 e. The summed E-state index contributed by atoms with van der Waals surface area (Å²) in [6.07, 6.45) is 0.973. The van der Waals surface area contributed by atoms with Gasteiger partial charge in [-0.15, -0.1) is 5.69 Å². The monoisotopic (exact) mass is 385 g/mol. The van der Waals surface area contributed by atoms with E-state index in [4.69, 9.17) is 0 Å². The zero-order chi connectivity index (χ0) is 17.6. The SMILES string of the molecule is CC(=O)N1CCc2[n-]nc(N3CCCc4ncc(C(F)F)cc43)c2C1.[K+]. The number of halogens is 2. The first kappa shape index (κ1) is 19.9. The molecule has 6 nitrogen and oxygen atoms in total. The summed E-state index contributed by atoms with van der Waals surface area (Å²) < 4.78 is 26.2. The summed E-state index contributed by atoms with van der Waals surface area (Å²) >= 11 is 0. The molecule has 0 radical (unpaired) electrons. The second-order valence-corrected chi connectivity index (χ2v) is 6.43. The fourth-order valence-corrected chi connectivity index (χ4v) is 3.50. The number of fused-ring (bicyclic) bond motifs is 2. The molecule has 0 bridgehead atoms. The molecule has 4 heterocycles. The number of hydrogen-bond acceptors (Lipinski definition) is 4. The number of amides is 1. The van der Waals surface area contributed by atoms with E-state index in [0.717, 1.165) is 29.8 Å². The van der Waals surface area contributed by atoms with Gasteiger partial charge in [0, 0.05) is 38.3 Å². The third-order valence-corrected chi connectivity index (χ3v) is 4.86. The molecule has 0 spiro atoms. The van der Waals surface area contributed by atoms with Gasteiger partial charge in [0.1, 0.15) is 5.82 Å². The maximum absolute atomic E-state index is 13.1. The first-order chi connectivity index (χ1) is 12.0. The van der Waals surface area contributed by atoms with Crippen LogP contribution in [0.3, 0.4) is 0 Å². The van der Waals surface area contributed by atoms with E-state index in [1.54, 1.807) is 11.8 Å². The number of nitrogens with zero attached hydrogens (tertiary/aromatic N) is 5. The predicted octanol–water partition coefficient (Wildman–Crippen LogP) is -0.636. The van der Waals surface area contributed by atoms with Gasteiger partial charge in [-0.05, 0) is 30.9 Å². The van der Waals surface area contributed by atoms with Crippen LogP contribution in [-0.4, -0.2) is 34.0 Å². The van der Waals surface area contributed by atoms with E-state index in [-0.39, 0.29) is 62.9 Å². The Kier molecular flexibility index (Phi) is 6.13. The third-order valence-electron chi connectivity index (χ3n) is 4.86. The molecule has 132 valence electrons. The maximum Gasteiger partial charge on any atom is 1.00 e. The number of pyridine rings is 1. The number of aryl methyl sites for hydroxylation is 1. The van der Waals surface area contributed by atoms with Crippen LogP contribution in [0, 0.1) is 0 Å². The van der Waals surface area contributed by atoms with Gasteiger partial charge in [0.15, 0.2) is 0 Å². The summed E-state index contributed by atoms with van der Waals surface area (Å²) in [5, 5.41) is 8.57. The smallest absolute Gasteiger partial charge is 0.577 e. The van der Waals surface area contributed by atoms with E-state index in [9.17, 15) is 13.6 Å². The first-order valence-corrected chi connectivity index (χ1v) is 8.35. The van der Waals surface area contributed by atoms with E-state index in [2.05, 4.69) is 15.2 Å². The Morgan fingerprint density at radius 3 is 2.85 bits per heavy atom. The van der Waals surface area contributed by atoms with Gasteiger partial charge >= 0.3 is 51.4 Å². The van der Waals surface area contributed by atoms with Crippen LogP contribution in [0.4, 0.5) is 20.3 Å². The quantitative estimate of drug-likeness (QED) is 0.644. The van der Waals surface area contributed by atoms with Crippen molar-refractivity contribution in [3.63, 3.8) is 0 Å². The zero-order valence-corrected chi connectivity index (χ0v) is 18.0. The van der Waals surface area contributed by atoms with Crippen molar-refractivity contribution in [1.82, 2.24) is 20.1 Å². The van der Waals surface area contributed by atoms with Crippen molar-refractivity contribution < 1.29 is 65.0 Å². The Hall–Kier alpha value is -0.874. The summed E-state index contributed by atoms with van der Waals surface area (Å²) in [5.41, 5.74) is 3.18. The Balaban J connectivity index is 0.00000196. The molecule has 9 heteroatoms. The molecule has 4 rings (SSSR count). The molecule has 0 unspecified atom stereocenters. The van der Waals surface area contributed by atoms with E-state index in [1.165, 1.54) is 12.3 Å². The third kappa shape index (κ3) is 3.59. The Morgan fingerprint density at radius 2 is 2.12 bits per heavy atom. The van der Waals surface area contributed by atoms with E-state index in [0.29, 0.717) is 37.6 Å². The average Bonchev–Trinajstić information content (AvgIpc) is 3.03. The molecule has 2 aromatic rings. The molecule has 0 atom stereocenters. The van der Waals surface area contributed by atoms with Crippen molar-refractivity contribution in [1.29, 1.82) is 0 Å². The Labute approximate surface area is 192 Å². The molecule has 26 heavy (non-hydrogen) atoms. The van der Waals surface area contributed by atoms with Crippen LogP contribution in [0.1, 0.15) is 42.3 Å². The van der Waals surface area contributed by atoms with Crippen LogP contribution in [0.2, 0.25) is 0 Å². The molecule has 2 aromatic heterocycles. The van der Waals surface area contributed by atoms with Gasteiger partial charge in [0.25, 0.3) is 6.43 Å². The van der Waals surface area contributed by atoms with Crippen molar-refractivity contribution in [2.45, 2.75) is 39.2 Å². The summed E-state index contributed by atoms with van der Waals surface area (Å²) in [6, 6.07) is 1.50. The van der Waals surface area contributed by atoms with Crippen LogP contribution in [0.5, 0.6) is 0 Å². The van der Waals surface area contributed by atoms with Gasteiger partial charge < -0.3 is 20.0 Å². The molecule has 0 saturated heterocycles. The Bertz CT molecular complexity index is 825. The van der Waals surface area contributed by atoms with E-state index < -0.39 is 6.43 Å². The predicted molar refractivity (Wildman–Crippen MR) is 86.9 cm³/mol. The van der Waals surface area contributed by atoms with Crippen molar-refractivity contribution in [3.8, 4) is 0 Å². The van der Waals surface area contributed by atoms with Crippen molar-refractivity contribution in [3.05, 3.63) is 34.8 Å². The minimum Gasteiger partial charge on any atom is -0.577 e. The summed E-state index contributed by atoms with van der Waals surface area (Å²) in [4.78, 5) is 19.6. The molecule has 0 fully saturated rings. The van der Waals surface area contributed by atoms with Gasteiger partial charge in [-0.2, -0.15) is 0 Å². The standard InChI is InChI=1S/C17H18F2N5O.K/c1-10(25)23-6-4-13-12(9-23)17(22-21-13)24-5-2-3-14-15(24)7-11(8-20-14)16(18)19;/h7-8,16H,2-6,9H2,1H3;/q-1;+1. The van der Waals surface area contributed by atoms with E-state index in [1.807, 2.05) is 4.90 Å². The zero-order valence-electron chi connectivity index (χ0n) is 14.9. The molecule has 2 aliphatic heterocycles. The molecule has 0 aromatic carbocycles. The van der Waals surface area contributed by atoms with E-state index >= 15 is 0 Å². The number of carbonyl (C=O) groups excluding carboxylic acids is 1. The number of anilines is 2. The summed E-state index contributed by atoms with van der Waals surface area (Å²) in [6.45, 7) is 3.31. The van der Waals surface area contributed by atoms with Crippen LogP contribution < -0.4 is 61.4 Å². The van der Waals surface area contributed by atoms with Crippen LogP contribution in [0.15, 0.2) is 12.3 Å². The van der Waals surface area contributed by atoms with Crippen molar-refractivity contribution in [2.24, 2.45) is 0 Å². The fourth-order valence-electron chi connectivity index (χ4n) is 3.50. The molecular weight excluding hydrogens is 367 g/mol. The van der Waals surface area contributed by atoms with Gasteiger partial charge in [0.05, 0.1) is 11.4 Å². The van der Waals surface area contributed by atoms with Crippen molar-refractivity contribution >= 4 is 17.4 Å². The topological polar surface area (TPSA) is 63.4 Å². The molecular formula is C17H18F2KN5O. The van der Waals surface area contributed by atoms with Gasteiger partial charge in [-0.25, -0.2) is 8.78 Å². The maximum atomic E-state index is 13.1. The molecule has 0 aliphatic carbocycles. The van der Waals surface area contributed by atoms with Gasteiger partial charge in [-0.3, -0.25) is 9.78 Å². The molecule has 1 amide bonds. The van der Waals surface area contributed by atoms with Crippen LogP contribution in [0.25, 0.3) is 0 Å². The fraction of sp³-hybridized carbons (Fsp3) is 0.471. The number of aromatic nitrogens is 3. The first-order valence-electron chi connectivity index (χ1n) is 8.35. The number of carbonyl (C=O) groups is 1. The van der Waals surface area contributed by atoms with Crippen LogP contribution >= 0.6 is 0 Å². The second kappa shape index (κ2) is 8.01. The van der Waals surface area contributed by atoms with Gasteiger partial charge in [-0.1, -0.05) is 0 Å². The summed E-state index contributed by atoms with van der Waals surface area (Å²) in [5.74, 6) is 0.675. The minimum absolute atomic E-state index is 0. The molecule has 2 aliphatic rings.